The van der Waals surface area contributed by atoms with Crippen LogP contribution in [0, 0.1) is 40.4 Å². The summed E-state index contributed by atoms with van der Waals surface area (Å²) < 4.78 is 0. The highest BCUT2D eigenvalue weighted by atomic mass is 16.3. The molecule has 0 heterocycles. The molecule has 4 aliphatic carbocycles. The van der Waals surface area contributed by atoms with Gasteiger partial charge in [-0.2, -0.15) is 0 Å². The topological polar surface area (TPSA) is 75.3 Å². The molecule has 4 saturated carbocycles. The first-order valence-corrected chi connectivity index (χ1v) is 11.5. The molecule has 1 amide bonds. The number of nitrogens with one attached hydrogen (secondary N) is 1. The summed E-state index contributed by atoms with van der Waals surface area (Å²) in [6.45, 7) is 7.18. The van der Waals surface area contributed by atoms with Crippen LogP contribution in [-0.2, 0) is 4.79 Å². The van der Waals surface area contributed by atoms with Crippen LogP contribution in [0.5, 0.6) is 0 Å². The molecule has 4 rings (SSSR count). The van der Waals surface area contributed by atoms with E-state index in [2.05, 4.69) is 19.2 Å². The van der Waals surface area contributed by atoms with E-state index >= 15 is 0 Å². The van der Waals surface area contributed by atoms with Gasteiger partial charge < -0.3 is 16.2 Å². The van der Waals surface area contributed by atoms with Crippen molar-refractivity contribution in [1.82, 2.24) is 5.32 Å². The molecule has 0 spiro atoms. The molecule has 0 bridgehead atoms. The fourth-order valence-corrected chi connectivity index (χ4v) is 8.51. The van der Waals surface area contributed by atoms with Gasteiger partial charge >= 0.3 is 0 Å². The lowest BCUT2D eigenvalue weighted by molar-refractivity contribution is -0.128. The van der Waals surface area contributed by atoms with Gasteiger partial charge in [-0.05, 0) is 105 Å². The number of carbonyl (C=O) groups excluding carboxylic acids is 1. The molecule has 0 aliphatic heterocycles. The second-order valence-corrected chi connectivity index (χ2v) is 10.9. The van der Waals surface area contributed by atoms with Crippen LogP contribution in [0.25, 0.3) is 0 Å². The molecule has 0 aromatic heterocycles. The van der Waals surface area contributed by atoms with Crippen LogP contribution in [-0.4, -0.2) is 29.7 Å². The molecule has 0 aromatic rings. The van der Waals surface area contributed by atoms with Crippen molar-refractivity contribution < 1.29 is 9.90 Å². The first-order valence-electron chi connectivity index (χ1n) is 11.5. The standard InChI is InChI=1S/C23H40N2O2/c1-14(26)18-6-7-19-17-5-4-15-12-16(25-21(27)13-24)8-10-22(15,2)20(17)9-11-23(18,19)3/h14-20,26H,4-13,24H2,1-3H3,(H,25,27)/t14-,15+,16-,17?,18-,19?,20?,22+,23-/m1/s1. The Morgan fingerprint density at radius 2 is 1.78 bits per heavy atom. The van der Waals surface area contributed by atoms with Crippen molar-refractivity contribution in [2.75, 3.05) is 6.54 Å². The van der Waals surface area contributed by atoms with E-state index in [1.54, 1.807) is 0 Å². The summed E-state index contributed by atoms with van der Waals surface area (Å²) in [5.74, 6) is 3.74. The molecule has 4 fully saturated rings. The molecular weight excluding hydrogens is 336 g/mol. The van der Waals surface area contributed by atoms with E-state index in [-0.39, 0.29) is 18.6 Å². The van der Waals surface area contributed by atoms with Gasteiger partial charge in [0.15, 0.2) is 0 Å². The molecular formula is C23H40N2O2. The van der Waals surface area contributed by atoms with Crippen molar-refractivity contribution in [2.24, 2.45) is 46.2 Å². The number of aliphatic hydroxyl groups is 1. The maximum atomic E-state index is 11.7. The Morgan fingerprint density at radius 3 is 2.48 bits per heavy atom. The average molecular weight is 377 g/mol. The van der Waals surface area contributed by atoms with E-state index in [1.165, 1.54) is 44.9 Å². The van der Waals surface area contributed by atoms with Crippen LogP contribution in [0.3, 0.4) is 0 Å². The SMILES string of the molecule is C[C@@H](O)[C@H]1CCC2C3CC[C@H]4C[C@H](NC(=O)CN)CC[C@]4(C)C3CC[C@@]21C. The third-order valence-electron chi connectivity index (χ3n) is 9.87. The number of fused-ring (bicyclic) bond motifs is 5. The van der Waals surface area contributed by atoms with Crippen LogP contribution in [0.4, 0.5) is 0 Å². The highest BCUT2D eigenvalue weighted by Gasteiger charge is 2.60. The second kappa shape index (κ2) is 7.02. The minimum atomic E-state index is -0.162. The fourth-order valence-electron chi connectivity index (χ4n) is 8.51. The molecule has 0 radical (unpaired) electrons. The number of amides is 1. The number of nitrogens with two attached hydrogens (primary N) is 1. The van der Waals surface area contributed by atoms with Gasteiger partial charge in [0.2, 0.25) is 5.91 Å². The van der Waals surface area contributed by atoms with Crippen molar-refractivity contribution in [2.45, 2.75) is 90.7 Å². The van der Waals surface area contributed by atoms with Gasteiger partial charge in [-0.15, -0.1) is 0 Å². The molecule has 4 nitrogen and oxygen atoms in total. The van der Waals surface area contributed by atoms with Crippen molar-refractivity contribution in [1.29, 1.82) is 0 Å². The van der Waals surface area contributed by atoms with Gasteiger partial charge in [-0.1, -0.05) is 13.8 Å². The van der Waals surface area contributed by atoms with E-state index in [4.69, 9.17) is 5.73 Å². The van der Waals surface area contributed by atoms with Crippen molar-refractivity contribution in [3.8, 4) is 0 Å². The van der Waals surface area contributed by atoms with Crippen LogP contribution in [0.15, 0.2) is 0 Å². The Morgan fingerprint density at radius 1 is 1.07 bits per heavy atom. The summed E-state index contributed by atoms with van der Waals surface area (Å²) in [6.07, 6.45) is 11.2. The van der Waals surface area contributed by atoms with Crippen LogP contribution >= 0.6 is 0 Å². The lowest BCUT2D eigenvalue weighted by Crippen LogP contribution is -2.56. The highest BCUT2D eigenvalue weighted by molar-refractivity contribution is 5.78. The van der Waals surface area contributed by atoms with Crippen LogP contribution < -0.4 is 11.1 Å². The van der Waals surface area contributed by atoms with E-state index < -0.39 is 0 Å². The van der Waals surface area contributed by atoms with E-state index in [0.29, 0.717) is 22.8 Å². The summed E-state index contributed by atoms with van der Waals surface area (Å²) in [5.41, 5.74) is 6.29. The number of hydrogen-bond acceptors (Lipinski definition) is 3. The number of rotatable bonds is 3. The quantitative estimate of drug-likeness (QED) is 0.706. The molecule has 0 saturated heterocycles. The molecule has 27 heavy (non-hydrogen) atoms. The third kappa shape index (κ3) is 3.06. The third-order valence-corrected chi connectivity index (χ3v) is 9.87. The molecule has 3 unspecified atom stereocenters. The predicted octanol–water partition coefficient (Wildman–Crippen LogP) is 3.47. The Bertz CT molecular complexity index is 579. The Hall–Kier alpha value is -0.610. The molecule has 4 heteroatoms. The van der Waals surface area contributed by atoms with Gasteiger partial charge in [-0.25, -0.2) is 0 Å². The number of carbonyl (C=O) groups is 1. The molecule has 4 N–H and O–H groups in total. The minimum Gasteiger partial charge on any atom is -0.393 e. The van der Waals surface area contributed by atoms with Gasteiger partial charge in [0.25, 0.3) is 0 Å². The number of aliphatic hydroxyl groups excluding tert-OH is 1. The average Bonchev–Trinajstić information content (AvgIpc) is 2.99. The smallest absolute Gasteiger partial charge is 0.233 e. The molecule has 4 aliphatic rings. The van der Waals surface area contributed by atoms with E-state index in [1.807, 2.05) is 6.92 Å². The lowest BCUT2D eigenvalue weighted by Gasteiger charge is -2.61. The summed E-state index contributed by atoms with van der Waals surface area (Å²) >= 11 is 0. The zero-order chi connectivity index (χ0) is 19.4. The van der Waals surface area contributed by atoms with Crippen molar-refractivity contribution in [3.63, 3.8) is 0 Å². The summed E-state index contributed by atoms with van der Waals surface area (Å²) in [6, 6.07) is 0.329. The van der Waals surface area contributed by atoms with Crippen molar-refractivity contribution >= 4 is 5.91 Å². The summed E-state index contributed by atoms with van der Waals surface area (Å²) in [7, 11) is 0. The van der Waals surface area contributed by atoms with Gasteiger partial charge in [0, 0.05) is 6.04 Å². The van der Waals surface area contributed by atoms with Crippen LogP contribution in [0.2, 0.25) is 0 Å². The maximum Gasteiger partial charge on any atom is 0.233 e. The molecule has 154 valence electrons. The lowest BCUT2D eigenvalue weighted by atomic mass is 9.44. The van der Waals surface area contributed by atoms with Gasteiger partial charge in [0.05, 0.1) is 12.6 Å². The summed E-state index contributed by atoms with van der Waals surface area (Å²) in [5, 5.41) is 13.5. The Labute approximate surface area is 165 Å². The molecule has 9 atom stereocenters. The van der Waals surface area contributed by atoms with Gasteiger partial charge in [-0.3, -0.25) is 4.79 Å². The predicted molar refractivity (Wildman–Crippen MR) is 108 cm³/mol. The zero-order valence-electron chi connectivity index (χ0n) is 17.5. The zero-order valence-corrected chi connectivity index (χ0v) is 17.5. The summed E-state index contributed by atoms with van der Waals surface area (Å²) in [4.78, 5) is 11.7. The second-order valence-electron chi connectivity index (χ2n) is 10.9. The first-order chi connectivity index (χ1) is 12.8. The Balaban J connectivity index is 1.50. The maximum absolute atomic E-state index is 11.7. The largest absolute Gasteiger partial charge is 0.393 e. The van der Waals surface area contributed by atoms with Crippen molar-refractivity contribution in [3.05, 3.63) is 0 Å². The van der Waals surface area contributed by atoms with E-state index in [9.17, 15) is 9.90 Å². The first kappa shape index (κ1) is 19.7. The Kier molecular flexibility index (Phi) is 5.12. The number of hydrogen-bond donors (Lipinski definition) is 3. The fraction of sp³-hybridized carbons (Fsp3) is 0.957. The van der Waals surface area contributed by atoms with Crippen LogP contribution in [0.1, 0.15) is 78.6 Å². The van der Waals surface area contributed by atoms with E-state index in [0.717, 1.165) is 36.5 Å². The molecule has 0 aromatic carbocycles. The minimum absolute atomic E-state index is 0.000780. The monoisotopic (exact) mass is 376 g/mol. The highest BCUT2D eigenvalue weighted by Crippen LogP contribution is 2.67. The van der Waals surface area contributed by atoms with Gasteiger partial charge in [0.1, 0.15) is 0 Å². The normalized spacial score (nSPS) is 50.3.